The van der Waals surface area contributed by atoms with Gasteiger partial charge in [0.1, 0.15) is 29.5 Å². The van der Waals surface area contributed by atoms with Gasteiger partial charge < -0.3 is 19.7 Å². The molecule has 1 aliphatic heterocycles. The number of β-amino-alcohol motifs (C(OH)–C–C–N with tert-alkyl or cyclic N) is 1. The summed E-state index contributed by atoms with van der Waals surface area (Å²) < 4.78 is 24.1. The first-order valence-electron chi connectivity index (χ1n) is 8.21. The van der Waals surface area contributed by atoms with Crippen molar-refractivity contribution in [2.45, 2.75) is 12.1 Å². The van der Waals surface area contributed by atoms with Crippen LogP contribution in [0.3, 0.4) is 0 Å². The lowest BCUT2D eigenvalue weighted by atomic mass is 10.1. The number of aromatic hydroxyl groups is 1. The molecule has 0 bridgehead atoms. The molecular formula is C19H22FNO4. The van der Waals surface area contributed by atoms with E-state index in [4.69, 9.17) is 9.47 Å². The monoisotopic (exact) mass is 347 g/mol. The molecule has 0 spiro atoms. The summed E-state index contributed by atoms with van der Waals surface area (Å²) in [6.07, 6.45) is 0. The van der Waals surface area contributed by atoms with Gasteiger partial charge in [0, 0.05) is 19.6 Å². The highest BCUT2D eigenvalue weighted by atomic mass is 19.1. The normalized spacial score (nSPS) is 21.7. The molecule has 3 rings (SSSR count). The van der Waals surface area contributed by atoms with Crippen molar-refractivity contribution >= 4 is 0 Å². The van der Waals surface area contributed by atoms with Crippen LogP contribution in [0.1, 0.15) is 5.56 Å². The summed E-state index contributed by atoms with van der Waals surface area (Å²) in [5, 5.41) is 20.2. The fourth-order valence-corrected chi connectivity index (χ4v) is 2.83. The van der Waals surface area contributed by atoms with E-state index in [0.717, 1.165) is 5.56 Å². The number of phenolic OH excluding ortho intramolecular Hbond substituents is 1. The summed E-state index contributed by atoms with van der Waals surface area (Å²) in [7, 11) is 0. The van der Waals surface area contributed by atoms with Crippen LogP contribution in [0.2, 0.25) is 0 Å². The lowest BCUT2D eigenvalue weighted by molar-refractivity contribution is -0.0646. The van der Waals surface area contributed by atoms with E-state index in [-0.39, 0.29) is 24.8 Å². The Balaban J connectivity index is 1.61. The molecule has 2 N–H and O–H groups in total. The summed E-state index contributed by atoms with van der Waals surface area (Å²) in [4.78, 5) is 2.09. The topological polar surface area (TPSA) is 62.2 Å². The number of rotatable bonds is 5. The Morgan fingerprint density at radius 2 is 1.84 bits per heavy atom. The third kappa shape index (κ3) is 5.16. The Labute approximate surface area is 146 Å². The quantitative estimate of drug-likeness (QED) is 0.868. The SMILES string of the molecule is Oc1ccc(CN2CCOC[C@](O)(COc3ccc(F)cc3)C2)cc1. The van der Waals surface area contributed by atoms with Crippen LogP contribution >= 0.6 is 0 Å². The van der Waals surface area contributed by atoms with Crippen molar-refractivity contribution in [3.8, 4) is 11.5 Å². The Morgan fingerprint density at radius 3 is 2.56 bits per heavy atom. The smallest absolute Gasteiger partial charge is 0.134 e. The highest BCUT2D eigenvalue weighted by molar-refractivity contribution is 5.26. The first-order valence-corrected chi connectivity index (χ1v) is 8.21. The van der Waals surface area contributed by atoms with Gasteiger partial charge in [-0.15, -0.1) is 0 Å². The third-order valence-electron chi connectivity index (χ3n) is 4.10. The molecule has 5 nitrogen and oxygen atoms in total. The minimum Gasteiger partial charge on any atom is -0.508 e. The maximum atomic E-state index is 12.9. The van der Waals surface area contributed by atoms with E-state index in [1.165, 1.54) is 24.3 Å². The van der Waals surface area contributed by atoms with Gasteiger partial charge in [0.2, 0.25) is 0 Å². The molecule has 0 saturated carbocycles. The van der Waals surface area contributed by atoms with E-state index >= 15 is 0 Å². The maximum absolute atomic E-state index is 12.9. The second-order valence-corrected chi connectivity index (χ2v) is 6.40. The van der Waals surface area contributed by atoms with Crippen molar-refractivity contribution in [1.82, 2.24) is 4.90 Å². The van der Waals surface area contributed by atoms with Crippen molar-refractivity contribution in [2.75, 3.05) is 32.9 Å². The molecule has 134 valence electrons. The van der Waals surface area contributed by atoms with E-state index in [1.807, 2.05) is 12.1 Å². The van der Waals surface area contributed by atoms with Crippen molar-refractivity contribution in [2.24, 2.45) is 0 Å². The fourth-order valence-electron chi connectivity index (χ4n) is 2.83. The molecular weight excluding hydrogens is 325 g/mol. The number of hydrogen-bond donors (Lipinski definition) is 2. The van der Waals surface area contributed by atoms with Gasteiger partial charge in [-0.05, 0) is 42.0 Å². The number of halogens is 1. The van der Waals surface area contributed by atoms with Gasteiger partial charge in [-0.3, -0.25) is 4.90 Å². The minimum absolute atomic E-state index is 0.0602. The van der Waals surface area contributed by atoms with Gasteiger partial charge in [0.15, 0.2) is 0 Å². The minimum atomic E-state index is -1.15. The summed E-state index contributed by atoms with van der Waals surface area (Å²) in [5.41, 5.74) is -0.108. The number of aliphatic hydroxyl groups is 1. The summed E-state index contributed by atoms with van der Waals surface area (Å²) in [6.45, 7) is 2.50. The zero-order chi connectivity index (χ0) is 17.7. The molecule has 0 aliphatic carbocycles. The molecule has 1 fully saturated rings. The predicted octanol–water partition coefficient (Wildman–Crippen LogP) is 2.17. The highest BCUT2D eigenvalue weighted by Crippen LogP contribution is 2.19. The first kappa shape index (κ1) is 17.7. The average molecular weight is 347 g/mol. The number of benzene rings is 2. The van der Waals surface area contributed by atoms with Gasteiger partial charge in [0.25, 0.3) is 0 Å². The largest absolute Gasteiger partial charge is 0.508 e. The van der Waals surface area contributed by atoms with Crippen LogP contribution in [0, 0.1) is 5.82 Å². The standard InChI is InChI=1S/C19H22FNO4/c20-16-3-7-18(8-4-16)25-14-19(23)12-21(9-10-24-13-19)11-15-1-5-17(22)6-2-15/h1-8,22-23H,9-14H2/t19-/m0/s1. The number of nitrogens with zero attached hydrogens (tertiary/aromatic N) is 1. The molecule has 0 unspecified atom stereocenters. The van der Waals surface area contributed by atoms with Crippen molar-refractivity contribution in [3.63, 3.8) is 0 Å². The molecule has 1 aliphatic rings. The summed E-state index contributed by atoms with van der Waals surface area (Å²) in [6, 6.07) is 12.7. The van der Waals surface area contributed by atoms with E-state index < -0.39 is 5.60 Å². The molecule has 6 heteroatoms. The van der Waals surface area contributed by atoms with Crippen molar-refractivity contribution < 1.29 is 24.1 Å². The summed E-state index contributed by atoms with van der Waals surface area (Å²) >= 11 is 0. The fraction of sp³-hybridized carbons (Fsp3) is 0.368. The zero-order valence-corrected chi connectivity index (χ0v) is 13.9. The van der Waals surface area contributed by atoms with Crippen LogP contribution in [0.25, 0.3) is 0 Å². The van der Waals surface area contributed by atoms with Crippen LogP contribution in [-0.4, -0.2) is 53.6 Å². The second-order valence-electron chi connectivity index (χ2n) is 6.40. The maximum Gasteiger partial charge on any atom is 0.134 e. The van der Waals surface area contributed by atoms with Crippen LogP contribution in [0.4, 0.5) is 4.39 Å². The van der Waals surface area contributed by atoms with Crippen molar-refractivity contribution in [1.29, 1.82) is 0 Å². The molecule has 2 aromatic rings. The molecule has 1 heterocycles. The van der Waals surface area contributed by atoms with Crippen molar-refractivity contribution in [3.05, 3.63) is 59.9 Å². The van der Waals surface area contributed by atoms with E-state index in [2.05, 4.69) is 4.90 Å². The lowest BCUT2D eigenvalue weighted by Gasteiger charge is -2.30. The molecule has 0 aromatic heterocycles. The van der Waals surface area contributed by atoms with Crippen LogP contribution in [0.5, 0.6) is 11.5 Å². The van der Waals surface area contributed by atoms with Crippen LogP contribution in [-0.2, 0) is 11.3 Å². The molecule has 1 atom stereocenters. The van der Waals surface area contributed by atoms with E-state index in [0.29, 0.717) is 32.0 Å². The van der Waals surface area contributed by atoms with Gasteiger partial charge in [-0.25, -0.2) is 4.39 Å². The molecule has 1 saturated heterocycles. The van der Waals surface area contributed by atoms with Gasteiger partial charge in [0.05, 0.1) is 13.2 Å². The Bertz CT molecular complexity index is 677. The number of ether oxygens (including phenoxy) is 2. The van der Waals surface area contributed by atoms with Gasteiger partial charge in [-0.1, -0.05) is 12.1 Å². The molecule has 2 aromatic carbocycles. The van der Waals surface area contributed by atoms with E-state index in [9.17, 15) is 14.6 Å². The lowest BCUT2D eigenvalue weighted by Crippen LogP contribution is -2.48. The van der Waals surface area contributed by atoms with Gasteiger partial charge >= 0.3 is 0 Å². The van der Waals surface area contributed by atoms with Crippen LogP contribution in [0.15, 0.2) is 48.5 Å². The molecule has 0 amide bonds. The third-order valence-corrected chi connectivity index (χ3v) is 4.10. The molecule has 25 heavy (non-hydrogen) atoms. The summed E-state index contributed by atoms with van der Waals surface area (Å²) in [5.74, 6) is 0.403. The Morgan fingerprint density at radius 1 is 1.12 bits per heavy atom. The molecule has 0 radical (unpaired) electrons. The number of hydrogen-bond acceptors (Lipinski definition) is 5. The Kier molecular flexibility index (Phi) is 5.53. The first-order chi connectivity index (χ1) is 12.0. The average Bonchev–Trinajstić information content (AvgIpc) is 2.78. The zero-order valence-electron chi connectivity index (χ0n) is 13.9. The van der Waals surface area contributed by atoms with Gasteiger partial charge in [-0.2, -0.15) is 0 Å². The predicted molar refractivity (Wildman–Crippen MR) is 91.0 cm³/mol. The second kappa shape index (κ2) is 7.82. The number of phenols is 1. The van der Waals surface area contributed by atoms with Crippen LogP contribution < -0.4 is 4.74 Å². The Hall–Kier alpha value is -2.15. The van der Waals surface area contributed by atoms with E-state index in [1.54, 1.807) is 12.1 Å². The highest BCUT2D eigenvalue weighted by Gasteiger charge is 2.33.